The number of ether oxygens (including phenoxy) is 2. The molecule has 0 spiro atoms. The van der Waals surface area contributed by atoms with Gasteiger partial charge in [0.15, 0.2) is 0 Å². The Kier molecular flexibility index (Phi) is 5.04. The Labute approximate surface area is 175 Å². The van der Waals surface area contributed by atoms with Gasteiger partial charge in [0.25, 0.3) is 0 Å². The molecule has 4 rings (SSSR count). The van der Waals surface area contributed by atoms with Crippen LogP contribution in [0.4, 0.5) is 23.2 Å². The maximum Gasteiger partial charge on any atom is 0.573 e. The van der Waals surface area contributed by atoms with Gasteiger partial charge in [0.1, 0.15) is 23.4 Å². The van der Waals surface area contributed by atoms with Crippen molar-refractivity contribution in [1.29, 1.82) is 0 Å². The number of alkyl halides is 3. The molecule has 0 aromatic heterocycles. The van der Waals surface area contributed by atoms with Crippen molar-refractivity contribution in [3.63, 3.8) is 0 Å². The predicted molar refractivity (Wildman–Crippen MR) is 106 cm³/mol. The van der Waals surface area contributed by atoms with Crippen molar-refractivity contribution in [2.24, 2.45) is 0 Å². The lowest BCUT2D eigenvalue weighted by atomic mass is 9.89. The van der Waals surface area contributed by atoms with Crippen molar-refractivity contribution in [3.8, 4) is 22.6 Å². The van der Waals surface area contributed by atoms with E-state index < -0.39 is 34.1 Å². The molecular formula is C21H15F4NO4S. The van der Waals surface area contributed by atoms with Gasteiger partial charge < -0.3 is 9.47 Å². The van der Waals surface area contributed by atoms with Gasteiger partial charge in [0, 0.05) is 11.3 Å². The number of sulfonamides is 1. The summed E-state index contributed by atoms with van der Waals surface area (Å²) in [5.74, 6) is -0.867. The van der Waals surface area contributed by atoms with E-state index in [2.05, 4.69) is 9.46 Å². The minimum Gasteiger partial charge on any atom is -0.480 e. The van der Waals surface area contributed by atoms with Crippen LogP contribution in [0.25, 0.3) is 11.1 Å². The molecule has 0 amide bonds. The molecular weight excluding hydrogens is 438 g/mol. The van der Waals surface area contributed by atoms with E-state index >= 15 is 0 Å². The second-order valence-electron chi connectivity index (χ2n) is 6.91. The first kappa shape index (κ1) is 21.0. The Morgan fingerprint density at radius 1 is 1.03 bits per heavy atom. The predicted octanol–water partition coefficient (Wildman–Crippen LogP) is 5.24. The number of fused-ring (bicyclic) bond motifs is 3. The first-order valence-corrected chi connectivity index (χ1v) is 10.8. The molecule has 1 aliphatic rings. The molecule has 0 radical (unpaired) electrons. The lowest BCUT2D eigenvalue weighted by Crippen LogP contribution is -2.20. The zero-order chi connectivity index (χ0) is 22.4. The fourth-order valence-corrected chi connectivity index (χ4v) is 4.03. The Morgan fingerprint density at radius 3 is 2.45 bits per heavy atom. The number of hydrogen-bond acceptors (Lipinski definition) is 4. The first-order valence-electron chi connectivity index (χ1n) is 8.93. The van der Waals surface area contributed by atoms with E-state index in [1.54, 1.807) is 6.07 Å². The van der Waals surface area contributed by atoms with Crippen molar-refractivity contribution in [2.45, 2.75) is 12.5 Å². The van der Waals surface area contributed by atoms with Crippen LogP contribution in [0, 0.1) is 5.82 Å². The number of halogens is 4. The van der Waals surface area contributed by atoms with Crippen LogP contribution in [-0.2, 0) is 10.0 Å². The van der Waals surface area contributed by atoms with E-state index in [9.17, 15) is 26.0 Å². The maximum absolute atomic E-state index is 13.9. The minimum absolute atomic E-state index is 0.0633. The van der Waals surface area contributed by atoms with Crippen LogP contribution in [0.2, 0.25) is 0 Å². The summed E-state index contributed by atoms with van der Waals surface area (Å²) in [6, 6.07) is 13.9. The van der Waals surface area contributed by atoms with E-state index in [1.165, 1.54) is 48.5 Å². The van der Waals surface area contributed by atoms with Crippen LogP contribution in [0.15, 0.2) is 60.7 Å². The molecule has 3 aromatic carbocycles. The Balaban J connectivity index is 1.92. The molecule has 0 fully saturated rings. The summed E-state index contributed by atoms with van der Waals surface area (Å²) in [5.41, 5.74) is 1.35. The van der Waals surface area contributed by atoms with E-state index in [-0.39, 0.29) is 17.0 Å². The molecule has 0 saturated carbocycles. The summed E-state index contributed by atoms with van der Waals surface area (Å²) in [7, 11) is -3.61. The average Bonchev–Trinajstić information content (AvgIpc) is 2.65. The molecule has 5 nitrogen and oxygen atoms in total. The number of rotatable bonds is 4. The van der Waals surface area contributed by atoms with Crippen molar-refractivity contribution >= 4 is 15.7 Å². The number of anilines is 1. The Morgan fingerprint density at radius 2 is 1.77 bits per heavy atom. The summed E-state index contributed by atoms with van der Waals surface area (Å²) >= 11 is 0. The number of hydrogen-bond donors (Lipinski definition) is 1. The highest BCUT2D eigenvalue weighted by Gasteiger charge is 2.36. The number of benzene rings is 3. The normalized spacial score (nSPS) is 15.5. The van der Waals surface area contributed by atoms with E-state index in [4.69, 9.17) is 4.74 Å². The van der Waals surface area contributed by atoms with Crippen LogP contribution in [-0.4, -0.2) is 21.0 Å². The molecule has 162 valence electrons. The summed E-state index contributed by atoms with van der Waals surface area (Å²) in [5, 5.41) is 0. The third-order valence-electron chi connectivity index (χ3n) is 4.52. The summed E-state index contributed by atoms with van der Waals surface area (Å²) in [6.45, 7) is 0. The van der Waals surface area contributed by atoms with Crippen LogP contribution in [0.1, 0.15) is 17.2 Å². The van der Waals surface area contributed by atoms with Gasteiger partial charge in [0.05, 0.1) is 11.8 Å². The summed E-state index contributed by atoms with van der Waals surface area (Å²) in [4.78, 5) is 0. The maximum atomic E-state index is 13.9. The summed E-state index contributed by atoms with van der Waals surface area (Å²) in [6.07, 6.45) is -4.84. The van der Waals surface area contributed by atoms with Crippen LogP contribution in [0.5, 0.6) is 11.5 Å². The minimum atomic E-state index is -4.92. The highest BCUT2D eigenvalue weighted by atomic mass is 32.2. The van der Waals surface area contributed by atoms with E-state index in [0.29, 0.717) is 16.7 Å². The molecule has 1 unspecified atom stereocenters. The van der Waals surface area contributed by atoms with E-state index in [1.807, 2.05) is 0 Å². The topological polar surface area (TPSA) is 64.6 Å². The van der Waals surface area contributed by atoms with Crippen LogP contribution in [0.3, 0.4) is 0 Å². The lowest BCUT2D eigenvalue weighted by molar-refractivity contribution is -0.274. The zero-order valence-corrected chi connectivity index (χ0v) is 16.7. The molecule has 0 saturated heterocycles. The molecule has 10 heteroatoms. The standard InChI is InChI=1S/C21H15F4NO4S/c1-31(27,28)26-14-8-9-15-16(11-14)20(12-4-2-5-13(22)10-12)29-17-6-3-7-18(19(15)17)30-21(23,24)25/h2-11,20,26H,1H3. The van der Waals surface area contributed by atoms with Crippen molar-refractivity contribution in [2.75, 3.05) is 11.0 Å². The van der Waals surface area contributed by atoms with Gasteiger partial charge in [-0.3, -0.25) is 4.72 Å². The third-order valence-corrected chi connectivity index (χ3v) is 5.12. The van der Waals surface area contributed by atoms with Crippen molar-refractivity contribution in [1.82, 2.24) is 0 Å². The third kappa shape index (κ3) is 4.58. The van der Waals surface area contributed by atoms with Crippen molar-refractivity contribution in [3.05, 3.63) is 77.6 Å². The van der Waals surface area contributed by atoms with Crippen molar-refractivity contribution < 1.29 is 35.5 Å². The second kappa shape index (κ2) is 7.45. The highest BCUT2D eigenvalue weighted by Crippen LogP contribution is 2.50. The van der Waals surface area contributed by atoms with E-state index in [0.717, 1.165) is 12.3 Å². The van der Waals surface area contributed by atoms with Gasteiger partial charge >= 0.3 is 6.36 Å². The second-order valence-corrected chi connectivity index (χ2v) is 8.65. The fraction of sp³-hybridized carbons (Fsp3) is 0.143. The van der Waals surface area contributed by atoms with Gasteiger partial charge in [-0.25, -0.2) is 12.8 Å². The van der Waals surface area contributed by atoms with Gasteiger partial charge in [-0.05, 0) is 47.5 Å². The summed E-state index contributed by atoms with van der Waals surface area (Å²) < 4.78 is 88.4. The average molecular weight is 453 g/mol. The Hall–Kier alpha value is -3.27. The van der Waals surface area contributed by atoms with Gasteiger partial charge in [-0.1, -0.05) is 24.3 Å². The zero-order valence-electron chi connectivity index (χ0n) is 15.9. The lowest BCUT2D eigenvalue weighted by Gasteiger charge is -2.31. The molecule has 1 aliphatic heterocycles. The molecule has 1 heterocycles. The SMILES string of the molecule is CS(=O)(=O)Nc1ccc2c(c1)C(c1cccc(F)c1)Oc1cccc(OC(F)(F)F)c1-2. The first-order chi connectivity index (χ1) is 14.5. The number of nitrogens with one attached hydrogen (secondary N) is 1. The van der Waals surface area contributed by atoms with Gasteiger partial charge in [-0.15, -0.1) is 13.2 Å². The Bertz CT molecular complexity index is 1260. The van der Waals surface area contributed by atoms with Gasteiger partial charge in [0.2, 0.25) is 10.0 Å². The van der Waals surface area contributed by atoms with Crippen LogP contribution >= 0.6 is 0 Å². The molecule has 31 heavy (non-hydrogen) atoms. The molecule has 0 aliphatic carbocycles. The molecule has 3 aromatic rings. The van der Waals surface area contributed by atoms with Gasteiger partial charge in [-0.2, -0.15) is 0 Å². The highest BCUT2D eigenvalue weighted by molar-refractivity contribution is 7.92. The van der Waals surface area contributed by atoms with Crippen LogP contribution < -0.4 is 14.2 Å². The largest absolute Gasteiger partial charge is 0.573 e. The monoisotopic (exact) mass is 453 g/mol. The molecule has 0 bridgehead atoms. The quantitative estimate of drug-likeness (QED) is 0.549. The smallest absolute Gasteiger partial charge is 0.480 e. The molecule has 1 atom stereocenters. The molecule has 1 N–H and O–H groups in total. The fourth-order valence-electron chi connectivity index (χ4n) is 3.48.